The number of nitrogens with zero attached hydrogens (tertiary/aromatic N) is 3. The largest absolute Gasteiger partial charge is 0.489 e. The zero-order valence-electron chi connectivity index (χ0n) is 19.6. The SMILES string of the molecule is C=CCOC(=O)C1=C(C)Nc2nc(SCC)nn2C1c1cccc(OCc2ccc(C)cc2)c1. The molecule has 0 radical (unpaired) electrons. The number of ether oxygens (including phenoxy) is 2. The second kappa shape index (κ2) is 10.6. The van der Waals surface area contributed by atoms with Crippen LogP contribution in [0.25, 0.3) is 0 Å². The van der Waals surface area contributed by atoms with Crippen LogP contribution in [0.3, 0.4) is 0 Å². The van der Waals surface area contributed by atoms with Crippen molar-refractivity contribution in [1.29, 1.82) is 0 Å². The fraction of sp³-hybridized carbons (Fsp3) is 0.269. The van der Waals surface area contributed by atoms with Crippen molar-refractivity contribution in [3.05, 3.63) is 89.1 Å². The van der Waals surface area contributed by atoms with Crippen LogP contribution < -0.4 is 10.1 Å². The maximum Gasteiger partial charge on any atom is 0.338 e. The van der Waals surface area contributed by atoms with E-state index in [1.807, 2.05) is 38.1 Å². The average molecular weight is 477 g/mol. The molecule has 1 N–H and O–H groups in total. The minimum Gasteiger partial charge on any atom is -0.489 e. The molecule has 8 heteroatoms. The highest BCUT2D eigenvalue weighted by Gasteiger charge is 2.35. The van der Waals surface area contributed by atoms with E-state index in [0.29, 0.717) is 34.7 Å². The first-order valence-electron chi connectivity index (χ1n) is 11.1. The maximum absolute atomic E-state index is 13.1. The number of allylic oxidation sites excluding steroid dienone is 1. The molecule has 3 aromatic rings. The third kappa shape index (κ3) is 5.17. The minimum atomic E-state index is -0.504. The van der Waals surface area contributed by atoms with Crippen LogP contribution in [0.2, 0.25) is 0 Å². The molecule has 7 nitrogen and oxygen atoms in total. The second-order valence-corrected chi connectivity index (χ2v) is 9.13. The highest BCUT2D eigenvalue weighted by atomic mass is 32.2. The van der Waals surface area contributed by atoms with Crippen molar-refractivity contribution in [2.24, 2.45) is 0 Å². The number of anilines is 1. The molecular formula is C26H28N4O3S. The zero-order valence-corrected chi connectivity index (χ0v) is 20.4. The molecule has 0 spiro atoms. The van der Waals surface area contributed by atoms with Crippen LogP contribution in [0.5, 0.6) is 5.75 Å². The van der Waals surface area contributed by atoms with Gasteiger partial charge < -0.3 is 14.8 Å². The lowest BCUT2D eigenvalue weighted by atomic mass is 9.95. The summed E-state index contributed by atoms with van der Waals surface area (Å²) < 4.78 is 13.2. The van der Waals surface area contributed by atoms with Gasteiger partial charge in [-0.3, -0.25) is 0 Å². The number of thioether (sulfide) groups is 1. The standard InChI is InChI=1S/C26H28N4O3S/c1-5-14-32-24(31)22-18(4)27-25-28-26(34-6-2)29-30(25)23(22)20-8-7-9-21(15-20)33-16-19-12-10-17(3)11-13-19/h5,7-13,15,23H,1,6,14,16H2,2-4H3,(H,27,28,29). The lowest BCUT2D eigenvalue weighted by Gasteiger charge is -2.28. The first kappa shape index (κ1) is 23.6. The molecule has 2 aromatic carbocycles. The van der Waals surface area contributed by atoms with E-state index in [1.165, 1.54) is 5.56 Å². The molecule has 1 atom stereocenters. The summed E-state index contributed by atoms with van der Waals surface area (Å²) in [4.78, 5) is 17.6. The Morgan fingerprint density at radius 3 is 2.76 bits per heavy atom. The van der Waals surface area contributed by atoms with Crippen LogP contribution in [-0.2, 0) is 16.1 Å². The Balaban J connectivity index is 1.68. The third-order valence-corrected chi connectivity index (χ3v) is 6.08. The van der Waals surface area contributed by atoms with Gasteiger partial charge in [-0.05, 0) is 42.9 Å². The van der Waals surface area contributed by atoms with E-state index in [0.717, 1.165) is 16.9 Å². The summed E-state index contributed by atoms with van der Waals surface area (Å²) in [7, 11) is 0. The molecule has 0 aliphatic carbocycles. The lowest BCUT2D eigenvalue weighted by Crippen LogP contribution is -2.29. The number of rotatable bonds is 9. The summed E-state index contributed by atoms with van der Waals surface area (Å²) >= 11 is 1.54. The van der Waals surface area contributed by atoms with Crippen molar-refractivity contribution in [1.82, 2.24) is 14.8 Å². The summed E-state index contributed by atoms with van der Waals surface area (Å²) in [5.41, 5.74) is 4.30. The summed E-state index contributed by atoms with van der Waals surface area (Å²) in [5, 5.41) is 8.54. The Hall–Kier alpha value is -3.52. The van der Waals surface area contributed by atoms with Gasteiger partial charge in [-0.1, -0.05) is 73.3 Å². The quantitative estimate of drug-likeness (QED) is 0.255. The van der Waals surface area contributed by atoms with Gasteiger partial charge in [-0.2, -0.15) is 4.98 Å². The predicted octanol–water partition coefficient (Wildman–Crippen LogP) is 5.30. The van der Waals surface area contributed by atoms with Gasteiger partial charge >= 0.3 is 5.97 Å². The van der Waals surface area contributed by atoms with Crippen molar-refractivity contribution in [2.75, 3.05) is 17.7 Å². The lowest BCUT2D eigenvalue weighted by molar-refractivity contribution is -0.138. The first-order valence-corrected chi connectivity index (χ1v) is 12.1. The van der Waals surface area contributed by atoms with E-state index >= 15 is 0 Å². The third-order valence-electron chi connectivity index (χ3n) is 5.36. The summed E-state index contributed by atoms with van der Waals surface area (Å²) in [5.74, 6) is 1.71. The molecule has 0 saturated heterocycles. The Bertz CT molecular complexity index is 1220. The monoisotopic (exact) mass is 476 g/mol. The molecule has 1 aromatic heterocycles. The van der Waals surface area contributed by atoms with E-state index in [4.69, 9.17) is 9.47 Å². The number of aryl methyl sites for hydroxylation is 1. The zero-order chi connectivity index (χ0) is 24.1. The maximum atomic E-state index is 13.1. The van der Waals surface area contributed by atoms with E-state index < -0.39 is 12.0 Å². The number of benzene rings is 2. The summed E-state index contributed by atoms with van der Waals surface area (Å²) in [6.07, 6.45) is 1.55. The normalized spacial score (nSPS) is 14.9. The Morgan fingerprint density at radius 2 is 2.03 bits per heavy atom. The van der Waals surface area contributed by atoms with Crippen molar-refractivity contribution in [2.45, 2.75) is 38.6 Å². The van der Waals surface area contributed by atoms with Gasteiger partial charge in [0.2, 0.25) is 11.1 Å². The number of hydrogen-bond acceptors (Lipinski definition) is 7. The number of carbonyl (C=O) groups excluding carboxylic acids is 1. The van der Waals surface area contributed by atoms with E-state index in [-0.39, 0.29) is 6.61 Å². The van der Waals surface area contributed by atoms with Crippen LogP contribution >= 0.6 is 11.8 Å². The molecule has 1 aliphatic rings. The topological polar surface area (TPSA) is 78.3 Å². The van der Waals surface area contributed by atoms with Gasteiger partial charge in [-0.15, -0.1) is 5.10 Å². The predicted molar refractivity (Wildman–Crippen MR) is 134 cm³/mol. The van der Waals surface area contributed by atoms with Gasteiger partial charge in [0.1, 0.15) is 25.0 Å². The van der Waals surface area contributed by atoms with Crippen LogP contribution in [0.4, 0.5) is 5.95 Å². The number of hydrogen-bond donors (Lipinski definition) is 1. The molecule has 0 saturated carbocycles. The fourth-order valence-electron chi connectivity index (χ4n) is 3.73. The molecule has 176 valence electrons. The molecular weight excluding hydrogens is 448 g/mol. The van der Waals surface area contributed by atoms with E-state index in [9.17, 15) is 4.79 Å². The Kier molecular flexibility index (Phi) is 7.37. The van der Waals surface area contributed by atoms with Crippen molar-refractivity contribution in [3.8, 4) is 5.75 Å². The second-order valence-electron chi connectivity index (χ2n) is 7.90. The highest BCUT2D eigenvalue weighted by molar-refractivity contribution is 7.99. The molecule has 2 heterocycles. The van der Waals surface area contributed by atoms with Crippen LogP contribution in [0.15, 0.2) is 77.6 Å². The number of fused-ring (bicyclic) bond motifs is 1. The molecule has 0 fully saturated rings. The van der Waals surface area contributed by atoms with E-state index in [1.54, 1.807) is 22.5 Å². The molecule has 1 unspecified atom stereocenters. The van der Waals surface area contributed by atoms with Gasteiger partial charge in [0.25, 0.3) is 0 Å². The number of carbonyl (C=O) groups is 1. The fourth-order valence-corrected chi connectivity index (χ4v) is 4.29. The smallest absolute Gasteiger partial charge is 0.338 e. The Morgan fingerprint density at radius 1 is 1.24 bits per heavy atom. The van der Waals surface area contributed by atoms with Gasteiger partial charge in [-0.25, -0.2) is 9.48 Å². The Labute approximate surface area is 203 Å². The van der Waals surface area contributed by atoms with Crippen molar-refractivity contribution in [3.63, 3.8) is 0 Å². The van der Waals surface area contributed by atoms with Gasteiger partial charge in [0, 0.05) is 5.70 Å². The number of nitrogens with one attached hydrogen (secondary N) is 1. The van der Waals surface area contributed by atoms with Crippen LogP contribution in [0.1, 0.15) is 36.6 Å². The molecule has 0 amide bonds. The average Bonchev–Trinajstić information content (AvgIpc) is 3.23. The molecule has 34 heavy (non-hydrogen) atoms. The van der Waals surface area contributed by atoms with Crippen LogP contribution in [0, 0.1) is 6.92 Å². The summed E-state index contributed by atoms with van der Waals surface area (Å²) in [6, 6.07) is 15.5. The number of esters is 1. The summed E-state index contributed by atoms with van der Waals surface area (Å²) in [6.45, 7) is 10.2. The van der Waals surface area contributed by atoms with E-state index in [2.05, 4.69) is 53.2 Å². The van der Waals surface area contributed by atoms with Crippen molar-refractivity contribution < 1.29 is 14.3 Å². The first-order chi connectivity index (χ1) is 16.5. The van der Waals surface area contributed by atoms with Crippen molar-refractivity contribution >= 4 is 23.7 Å². The van der Waals surface area contributed by atoms with Gasteiger partial charge in [0.05, 0.1) is 5.57 Å². The minimum absolute atomic E-state index is 0.128. The molecule has 4 rings (SSSR count). The molecule has 1 aliphatic heterocycles. The molecule has 0 bridgehead atoms. The number of aromatic nitrogens is 3. The van der Waals surface area contributed by atoms with Crippen LogP contribution in [-0.4, -0.2) is 33.1 Å². The van der Waals surface area contributed by atoms with Gasteiger partial charge in [0.15, 0.2) is 0 Å². The highest BCUT2D eigenvalue weighted by Crippen LogP contribution is 2.37.